The molecule has 4 N–H and O–H groups in total. The molecular formula is C15H15N9O2. The zero-order chi connectivity index (χ0) is 18.3. The normalized spacial score (nSPS) is 19.7. The molecule has 2 saturated heterocycles. The van der Waals surface area contributed by atoms with Gasteiger partial charge in [-0.25, -0.2) is 4.79 Å². The Morgan fingerprint density at radius 1 is 1.27 bits per heavy atom. The van der Waals surface area contributed by atoms with E-state index in [1.165, 1.54) is 16.8 Å². The lowest BCUT2D eigenvalue weighted by Gasteiger charge is -2.29. The molecule has 4 rings (SSSR count). The van der Waals surface area contributed by atoms with Crippen molar-refractivity contribution in [2.75, 3.05) is 23.7 Å². The van der Waals surface area contributed by atoms with Crippen LogP contribution in [-0.2, 0) is 4.79 Å². The van der Waals surface area contributed by atoms with E-state index >= 15 is 0 Å². The molecule has 2 aliphatic heterocycles. The number of amides is 3. The molecule has 0 aliphatic carbocycles. The van der Waals surface area contributed by atoms with E-state index in [4.69, 9.17) is 11.0 Å². The number of nitriles is 1. The van der Waals surface area contributed by atoms with E-state index in [2.05, 4.69) is 31.8 Å². The first-order valence-corrected chi connectivity index (χ1v) is 8.05. The van der Waals surface area contributed by atoms with Gasteiger partial charge in [0.15, 0.2) is 5.65 Å². The number of carbonyl (C=O) groups excluding carboxylic acids is 2. The third-order valence-electron chi connectivity index (χ3n) is 4.39. The fourth-order valence-electron chi connectivity index (χ4n) is 2.99. The van der Waals surface area contributed by atoms with Crippen LogP contribution in [0.25, 0.3) is 11.7 Å². The predicted molar refractivity (Wildman–Crippen MR) is 90.4 cm³/mol. The summed E-state index contributed by atoms with van der Waals surface area (Å²) in [7, 11) is 0. The Bertz CT molecular complexity index is 979. The highest BCUT2D eigenvalue weighted by Crippen LogP contribution is 2.23. The third-order valence-corrected chi connectivity index (χ3v) is 4.39. The largest absolute Gasteiger partial charge is 0.368 e. The Labute approximate surface area is 147 Å². The standard InChI is InChI=1S/C15H15N9O2/c16-6-8-1-3-23(4-2-8)14-20-11-9(7-18-24(11)13(17)22-14)5-10-12(25)21-15(26)19-10/h5,7-8H,1-4H2,(H2,17,20,22)(H2,19,21,25,26)/b10-5-. The number of anilines is 2. The van der Waals surface area contributed by atoms with Gasteiger partial charge >= 0.3 is 6.03 Å². The lowest BCUT2D eigenvalue weighted by molar-refractivity contribution is -0.115. The average molecular weight is 353 g/mol. The van der Waals surface area contributed by atoms with E-state index in [9.17, 15) is 9.59 Å². The van der Waals surface area contributed by atoms with Crippen LogP contribution < -0.4 is 21.3 Å². The summed E-state index contributed by atoms with van der Waals surface area (Å²) in [5, 5.41) is 17.7. The van der Waals surface area contributed by atoms with Gasteiger partial charge in [0.25, 0.3) is 5.91 Å². The number of urea groups is 1. The van der Waals surface area contributed by atoms with Gasteiger partial charge in [-0.3, -0.25) is 10.1 Å². The monoisotopic (exact) mass is 353 g/mol. The zero-order valence-corrected chi connectivity index (χ0v) is 13.6. The second-order valence-electron chi connectivity index (χ2n) is 6.07. The van der Waals surface area contributed by atoms with Crippen LogP contribution in [0, 0.1) is 17.2 Å². The minimum atomic E-state index is -0.576. The number of nitrogens with zero attached hydrogens (tertiary/aromatic N) is 6. The number of aromatic nitrogens is 4. The first kappa shape index (κ1) is 15.8. The molecule has 132 valence electrons. The van der Waals surface area contributed by atoms with Gasteiger partial charge in [0.1, 0.15) is 5.70 Å². The fourth-order valence-corrected chi connectivity index (χ4v) is 2.99. The van der Waals surface area contributed by atoms with Gasteiger partial charge in [-0.1, -0.05) is 0 Å². The van der Waals surface area contributed by atoms with Gasteiger partial charge < -0.3 is 16.0 Å². The molecule has 0 saturated carbocycles. The maximum absolute atomic E-state index is 11.7. The van der Waals surface area contributed by atoms with Gasteiger partial charge in [-0.15, -0.1) is 0 Å². The SMILES string of the molecule is N#CC1CCN(c2nc(N)n3ncc(/C=C4\NC(=O)NC4=O)c3n2)CC1. The minimum Gasteiger partial charge on any atom is -0.368 e. The number of nitrogens with two attached hydrogens (primary N) is 1. The molecule has 4 heterocycles. The Morgan fingerprint density at radius 3 is 2.69 bits per heavy atom. The molecule has 2 aromatic heterocycles. The summed E-state index contributed by atoms with van der Waals surface area (Å²) in [5.41, 5.74) is 7.05. The summed E-state index contributed by atoms with van der Waals surface area (Å²) in [6, 6.07) is 1.71. The molecular weight excluding hydrogens is 338 g/mol. The van der Waals surface area contributed by atoms with Crippen LogP contribution in [-0.4, -0.2) is 44.6 Å². The molecule has 0 bridgehead atoms. The zero-order valence-electron chi connectivity index (χ0n) is 13.6. The highest BCUT2D eigenvalue weighted by molar-refractivity contribution is 6.14. The molecule has 11 nitrogen and oxygen atoms in total. The Morgan fingerprint density at radius 2 is 2.04 bits per heavy atom. The van der Waals surface area contributed by atoms with Crippen molar-refractivity contribution in [1.29, 1.82) is 5.26 Å². The van der Waals surface area contributed by atoms with Crippen LogP contribution in [0.2, 0.25) is 0 Å². The summed E-state index contributed by atoms with van der Waals surface area (Å²) in [4.78, 5) is 33.7. The summed E-state index contributed by atoms with van der Waals surface area (Å²) in [5.74, 6) is 0.144. The molecule has 0 unspecified atom stereocenters. The van der Waals surface area contributed by atoms with E-state index in [-0.39, 0.29) is 17.6 Å². The first-order valence-electron chi connectivity index (χ1n) is 8.05. The van der Waals surface area contributed by atoms with Crippen LogP contribution in [0.5, 0.6) is 0 Å². The quantitative estimate of drug-likeness (QED) is 0.488. The van der Waals surface area contributed by atoms with Gasteiger partial charge in [-0.05, 0) is 18.9 Å². The van der Waals surface area contributed by atoms with E-state index < -0.39 is 11.9 Å². The second kappa shape index (κ2) is 5.99. The molecule has 3 amide bonds. The fraction of sp³-hybridized carbons (Fsp3) is 0.333. The van der Waals surface area contributed by atoms with Gasteiger partial charge in [-0.2, -0.15) is 24.8 Å². The highest BCUT2D eigenvalue weighted by Gasteiger charge is 2.25. The van der Waals surface area contributed by atoms with Crippen LogP contribution >= 0.6 is 0 Å². The van der Waals surface area contributed by atoms with Crippen molar-refractivity contribution in [1.82, 2.24) is 30.2 Å². The maximum Gasteiger partial charge on any atom is 0.326 e. The van der Waals surface area contributed by atoms with E-state index in [1.54, 1.807) is 0 Å². The van der Waals surface area contributed by atoms with Crippen molar-refractivity contribution in [2.24, 2.45) is 5.92 Å². The number of nitrogens with one attached hydrogen (secondary N) is 2. The molecule has 11 heteroatoms. The van der Waals surface area contributed by atoms with E-state index in [0.29, 0.717) is 30.2 Å². The lowest BCUT2D eigenvalue weighted by atomic mass is 9.99. The second-order valence-corrected chi connectivity index (χ2v) is 6.07. The number of hydrogen-bond acceptors (Lipinski definition) is 8. The van der Waals surface area contributed by atoms with Crippen molar-refractivity contribution >= 4 is 35.6 Å². The molecule has 2 aromatic rings. The topological polar surface area (TPSA) is 154 Å². The summed E-state index contributed by atoms with van der Waals surface area (Å²) in [6.07, 6.45) is 4.47. The van der Waals surface area contributed by atoms with Crippen LogP contribution in [0.3, 0.4) is 0 Å². The van der Waals surface area contributed by atoms with Crippen LogP contribution in [0.4, 0.5) is 16.7 Å². The Kier molecular flexibility index (Phi) is 3.65. The number of piperidine rings is 1. The number of carbonyl (C=O) groups is 2. The highest BCUT2D eigenvalue weighted by atomic mass is 16.2. The van der Waals surface area contributed by atoms with E-state index in [0.717, 1.165) is 12.8 Å². The van der Waals surface area contributed by atoms with Crippen molar-refractivity contribution in [2.45, 2.75) is 12.8 Å². The van der Waals surface area contributed by atoms with Gasteiger partial charge in [0, 0.05) is 24.6 Å². The average Bonchev–Trinajstić information content (AvgIpc) is 3.18. The smallest absolute Gasteiger partial charge is 0.326 e. The third kappa shape index (κ3) is 2.67. The maximum atomic E-state index is 11.7. The number of rotatable bonds is 2. The number of imide groups is 1. The summed E-state index contributed by atoms with van der Waals surface area (Å²) >= 11 is 0. The first-order chi connectivity index (χ1) is 12.5. The van der Waals surface area contributed by atoms with Crippen molar-refractivity contribution in [3.8, 4) is 6.07 Å². The number of fused-ring (bicyclic) bond motifs is 1. The van der Waals surface area contributed by atoms with Crippen molar-refractivity contribution < 1.29 is 9.59 Å². The van der Waals surface area contributed by atoms with Crippen molar-refractivity contribution in [3.05, 3.63) is 17.5 Å². The van der Waals surface area contributed by atoms with Crippen molar-refractivity contribution in [3.63, 3.8) is 0 Å². The van der Waals surface area contributed by atoms with Crippen LogP contribution in [0.15, 0.2) is 11.9 Å². The van der Waals surface area contributed by atoms with Gasteiger partial charge in [0.2, 0.25) is 11.9 Å². The minimum absolute atomic E-state index is 0.0482. The number of hydrogen-bond donors (Lipinski definition) is 3. The Balaban J connectivity index is 1.70. The van der Waals surface area contributed by atoms with Gasteiger partial charge in [0.05, 0.1) is 12.3 Å². The van der Waals surface area contributed by atoms with Crippen LogP contribution in [0.1, 0.15) is 18.4 Å². The Hall–Kier alpha value is -3.68. The number of nitrogen functional groups attached to an aromatic ring is 1. The predicted octanol–water partition coefficient (Wildman–Crippen LogP) is -0.373. The molecule has 0 radical (unpaired) electrons. The summed E-state index contributed by atoms with van der Waals surface area (Å²) < 4.78 is 1.37. The molecule has 2 fully saturated rings. The van der Waals surface area contributed by atoms with E-state index in [1.807, 2.05) is 4.90 Å². The molecule has 2 aliphatic rings. The molecule has 0 spiro atoms. The molecule has 0 atom stereocenters. The lowest BCUT2D eigenvalue weighted by Crippen LogP contribution is -2.34. The molecule has 0 aromatic carbocycles. The summed E-state index contributed by atoms with van der Waals surface area (Å²) in [6.45, 7) is 1.33. The molecule has 26 heavy (non-hydrogen) atoms.